The summed E-state index contributed by atoms with van der Waals surface area (Å²) < 4.78 is 5.80. The third-order valence-electron chi connectivity index (χ3n) is 3.36. The minimum absolute atomic E-state index is 0.0285. The lowest BCUT2D eigenvalue weighted by Gasteiger charge is -2.27. The van der Waals surface area contributed by atoms with Crippen molar-refractivity contribution in [1.82, 2.24) is 10.4 Å². The molecule has 1 heterocycles. The lowest BCUT2D eigenvalue weighted by Crippen LogP contribution is -2.38. The number of hydrogen-bond donors (Lipinski definition) is 2. The molecule has 1 aliphatic carbocycles. The van der Waals surface area contributed by atoms with Gasteiger partial charge in [0, 0.05) is 18.2 Å². The van der Waals surface area contributed by atoms with Crippen LogP contribution >= 0.6 is 0 Å². The summed E-state index contributed by atoms with van der Waals surface area (Å²) >= 11 is 0. The molecule has 0 aromatic carbocycles. The number of aromatic nitrogens is 1. The number of aryl methyl sites for hydroxylation is 1. The molecule has 5 heteroatoms. The first-order valence-electron chi connectivity index (χ1n) is 6.29. The van der Waals surface area contributed by atoms with Gasteiger partial charge < -0.3 is 4.74 Å². The summed E-state index contributed by atoms with van der Waals surface area (Å²) in [6, 6.07) is 3.86. The van der Waals surface area contributed by atoms with Gasteiger partial charge in [-0.25, -0.2) is 10.8 Å². The molecule has 1 aromatic rings. The SMILES string of the molecule is Cc1ccc(O[C@H]2CC[C@H](C(=O)NN)CC2)nc1. The molecule has 1 saturated carbocycles. The molecule has 0 unspecified atom stereocenters. The third kappa shape index (κ3) is 3.20. The van der Waals surface area contributed by atoms with Gasteiger partial charge in [-0.05, 0) is 38.2 Å². The zero-order valence-electron chi connectivity index (χ0n) is 10.6. The van der Waals surface area contributed by atoms with E-state index in [4.69, 9.17) is 10.6 Å². The molecule has 98 valence electrons. The van der Waals surface area contributed by atoms with Gasteiger partial charge in [-0.15, -0.1) is 0 Å². The fourth-order valence-electron chi connectivity index (χ4n) is 2.26. The van der Waals surface area contributed by atoms with E-state index in [0.29, 0.717) is 5.88 Å². The van der Waals surface area contributed by atoms with E-state index in [1.807, 2.05) is 19.1 Å². The zero-order valence-corrected chi connectivity index (χ0v) is 10.6. The Morgan fingerprint density at radius 3 is 2.67 bits per heavy atom. The van der Waals surface area contributed by atoms with Crippen LogP contribution in [-0.4, -0.2) is 17.0 Å². The predicted octanol–water partition coefficient (Wildman–Crippen LogP) is 1.32. The number of nitrogens with two attached hydrogens (primary N) is 1. The molecule has 1 aromatic heterocycles. The lowest BCUT2D eigenvalue weighted by atomic mass is 9.87. The highest BCUT2D eigenvalue weighted by Crippen LogP contribution is 2.27. The molecule has 0 aliphatic heterocycles. The predicted molar refractivity (Wildman–Crippen MR) is 67.7 cm³/mol. The Balaban J connectivity index is 1.83. The van der Waals surface area contributed by atoms with Crippen LogP contribution in [0.1, 0.15) is 31.2 Å². The van der Waals surface area contributed by atoms with Crippen molar-refractivity contribution in [3.05, 3.63) is 23.9 Å². The van der Waals surface area contributed by atoms with Crippen LogP contribution in [0.25, 0.3) is 0 Å². The van der Waals surface area contributed by atoms with E-state index >= 15 is 0 Å². The number of ether oxygens (including phenoxy) is 1. The standard InChI is InChI=1S/C13H19N3O2/c1-9-2-7-12(15-8-9)18-11-5-3-10(4-6-11)13(17)16-14/h2,7-8,10-11H,3-6,14H2,1H3,(H,16,17)/t10-,11-. The van der Waals surface area contributed by atoms with Gasteiger partial charge in [0.2, 0.25) is 11.8 Å². The van der Waals surface area contributed by atoms with Gasteiger partial charge in [0.25, 0.3) is 0 Å². The second-order valence-corrected chi connectivity index (χ2v) is 4.77. The summed E-state index contributed by atoms with van der Waals surface area (Å²) in [4.78, 5) is 15.6. The minimum Gasteiger partial charge on any atom is -0.474 e. The Kier molecular flexibility index (Phi) is 4.15. The summed E-state index contributed by atoms with van der Waals surface area (Å²) in [5.74, 6) is 5.75. The van der Waals surface area contributed by atoms with Crippen LogP contribution in [0.3, 0.4) is 0 Å². The fraction of sp³-hybridized carbons (Fsp3) is 0.538. The van der Waals surface area contributed by atoms with Crippen molar-refractivity contribution in [2.45, 2.75) is 38.7 Å². The van der Waals surface area contributed by atoms with Crippen LogP contribution in [0.5, 0.6) is 5.88 Å². The first-order valence-corrected chi connectivity index (χ1v) is 6.29. The summed E-state index contributed by atoms with van der Waals surface area (Å²) in [6.07, 6.45) is 5.32. The molecular weight excluding hydrogens is 230 g/mol. The fourth-order valence-corrected chi connectivity index (χ4v) is 2.26. The second kappa shape index (κ2) is 5.82. The van der Waals surface area contributed by atoms with E-state index in [0.717, 1.165) is 31.2 Å². The molecule has 0 spiro atoms. The maximum Gasteiger partial charge on any atom is 0.236 e. The topological polar surface area (TPSA) is 77.2 Å². The largest absolute Gasteiger partial charge is 0.474 e. The van der Waals surface area contributed by atoms with Gasteiger partial charge in [-0.3, -0.25) is 10.2 Å². The maximum absolute atomic E-state index is 11.4. The van der Waals surface area contributed by atoms with Crippen LogP contribution in [0.15, 0.2) is 18.3 Å². The molecular formula is C13H19N3O2. The van der Waals surface area contributed by atoms with E-state index in [1.54, 1.807) is 6.20 Å². The Morgan fingerprint density at radius 1 is 1.39 bits per heavy atom. The minimum atomic E-state index is -0.0677. The van der Waals surface area contributed by atoms with Crippen LogP contribution in [-0.2, 0) is 4.79 Å². The summed E-state index contributed by atoms with van der Waals surface area (Å²) in [6.45, 7) is 1.99. The molecule has 0 radical (unpaired) electrons. The van der Waals surface area contributed by atoms with Gasteiger partial charge in [0.15, 0.2) is 0 Å². The summed E-state index contributed by atoms with van der Waals surface area (Å²) in [7, 11) is 0. The molecule has 0 saturated heterocycles. The van der Waals surface area contributed by atoms with E-state index in [2.05, 4.69) is 10.4 Å². The van der Waals surface area contributed by atoms with E-state index in [-0.39, 0.29) is 17.9 Å². The average molecular weight is 249 g/mol. The second-order valence-electron chi connectivity index (χ2n) is 4.77. The maximum atomic E-state index is 11.4. The van der Waals surface area contributed by atoms with Crippen LogP contribution in [0.4, 0.5) is 0 Å². The number of nitrogens with zero attached hydrogens (tertiary/aromatic N) is 1. The monoisotopic (exact) mass is 249 g/mol. The van der Waals surface area contributed by atoms with Crippen molar-refractivity contribution in [2.75, 3.05) is 0 Å². The quantitative estimate of drug-likeness (QED) is 0.481. The molecule has 18 heavy (non-hydrogen) atoms. The Labute approximate surface area is 107 Å². The van der Waals surface area contributed by atoms with Gasteiger partial charge in [0.1, 0.15) is 6.10 Å². The van der Waals surface area contributed by atoms with E-state index in [9.17, 15) is 4.79 Å². The molecule has 0 bridgehead atoms. The molecule has 1 aliphatic rings. The number of hydrazine groups is 1. The highest BCUT2D eigenvalue weighted by Gasteiger charge is 2.26. The number of nitrogens with one attached hydrogen (secondary N) is 1. The van der Waals surface area contributed by atoms with Crippen molar-refractivity contribution in [3.8, 4) is 5.88 Å². The normalized spacial score (nSPS) is 23.4. The number of hydrogen-bond acceptors (Lipinski definition) is 4. The van der Waals surface area contributed by atoms with Gasteiger partial charge in [-0.1, -0.05) is 6.07 Å². The van der Waals surface area contributed by atoms with Crippen molar-refractivity contribution < 1.29 is 9.53 Å². The highest BCUT2D eigenvalue weighted by atomic mass is 16.5. The van der Waals surface area contributed by atoms with E-state index < -0.39 is 0 Å². The van der Waals surface area contributed by atoms with Crippen LogP contribution < -0.4 is 16.0 Å². The number of rotatable bonds is 3. The van der Waals surface area contributed by atoms with Gasteiger partial charge in [-0.2, -0.15) is 0 Å². The lowest BCUT2D eigenvalue weighted by molar-refractivity contribution is -0.126. The summed E-state index contributed by atoms with van der Waals surface area (Å²) in [5, 5.41) is 0. The average Bonchev–Trinajstić information content (AvgIpc) is 2.41. The van der Waals surface area contributed by atoms with E-state index in [1.165, 1.54) is 0 Å². The number of carbonyl (C=O) groups is 1. The number of pyridine rings is 1. The van der Waals surface area contributed by atoms with Crippen molar-refractivity contribution in [2.24, 2.45) is 11.8 Å². The highest BCUT2D eigenvalue weighted by molar-refractivity contribution is 5.77. The van der Waals surface area contributed by atoms with Gasteiger partial charge >= 0.3 is 0 Å². The number of amides is 1. The first-order chi connectivity index (χ1) is 8.69. The molecule has 1 fully saturated rings. The first kappa shape index (κ1) is 12.8. The van der Waals surface area contributed by atoms with Gasteiger partial charge in [0.05, 0.1) is 0 Å². The molecule has 1 amide bonds. The van der Waals surface area contributed by atoms with Crippen molar-refractivity contribution in [1.29, 1.82) is 0 Å². The summed E-state index contributed by atoms with van der Waals surface area (Å²) in [5.41, 5.74) is 3.33. The van der Waals surface area contributed by atoms with Crippen molar-refractivity contribution in [3.63, 3.8) is 0 Å². The Morgan fingerprint density at radius 2 is 2.11 bits per heavy atom. The Hall–Kier alpha value is -1.62. The molecule has 0 atom stereocenters. The molecule has 3 N–H and O–H groups in total. The zero-order chi connectivity index (χ0) is 13.0. The number of carbonyl (C=O) groups excluding carboxylic acids is 1. The molecule has 2 rings (SSSR count). The molecule has 5 nitrogen and oxygen atoms in total. The Bertz CT molecular complexity index is 397. The third-order valence-corrected chi connectivity index (χ3v) is 3.36. The van der Waals surface area contributed by atoms with Crippen LogP contribution in [0.2, 0.25) is 0 Å². The van der Waals surface area contributed by atoms with Crippen molar-refractivity contribution >= 4 is 5.91 Å². The smallest absolute Gasteiger partial charge is 0.236 e. The van der Waals surface area contributed by atoms with Crippen LogP contribution in [0, 0.1) is 12.8 Å².